The smallest absolute Gasteiger partial charge is 0.204 e. The summed E-state index contributed by atoms with van der Waals surface area (Å²) < 4.78 is 16.8. The molecule has 2 rings (SSSR count). The number of aldehydes is 1. The van der Waals surface area contributed by atoms with E-state index in [0.717, 1.165) is 12.7 Å². The van der Waals surface area contributed by atoms with Crippen LogP contribution in [0.15, 0.2) is 42.5 Å². The summed E-state index contributed by atoms with van der Waals surface area (Å²) in [5.74, 6) is 2.13. The van der Waals surface area contributed by atoms with E-state index in [1.807, 2.05) is 37.3 Å². The molecular weight excluding hydrogens is 268 g/mol. The monoisotopic (exact) mass is 286 g/mol. The van der Waals surface area contributed by atoms with Crippen LogP contribution in [0.2, 0.25) is 0 Å². The Morgan fingerprint density at radius 3 is 2.43 bits per heavy atom. The van der Waals surface area contributed by atoms with Gasteiger partial charge in [0, 0.05) is 5.56 Å². The minimum absolute atomic E-state index is 0.469. The van der Waals surface area contributed by atoms with Crippen LogP contribution in [0.1, 0.15) is 23.7 Å². The molecule has 0 heterocycles. The van der Waals surface area contributed by atoms with Crippen LogP contribution in [-0.2, 0) is 0 Å². The molecule has 0 aliphatic heterocycles. The van der Waals surface area contributed by atoms with Crippen molar-refractivity contribution in [3.63, 3.8) is 0 Å². The Kier molecular flexibility index (Phi) is 5.21. The Morgan fingerprint density at radius 1 is 1.10 bits per heavy atom. The van der Waals surface area contributed by atoms with E-state index in [1.165, 1.54) is 7.11 Å². The molecule has 0 amide bonds. The van der Waals surface area contributed by atoms with Gasteiger partial charge in [-0.15, -0.1) is 0 Å². The number of benzene rings is 2. The Morgan fingerprint density at radius 2 is 1.81 bits per heavy atom. The predicted octanol–water partition coefficient (Wildman–Crippen LogP) is 4.09. The molecule has 0 saturated carbocycles. The van der Waals surface area contributed by atoms with Crippen LogP contribution in [0, 0.1) is 0 Å². The number of carbonyl (C=O) groups is 1. The third-order valence-corrected chi connectivity index (χ3v) is 2.82. The van der Waals surface area contributed by atoms with Crippen LogP contribution < -0.4 is 14.2 Å². The van der Waals surface area contributed by atoms with E-state index in [2.05, 4.69) is 0 Å². The second kappa shape index (κ2) is 7.33. The zero-order valence-corrected chi connectivity index (χ0v) is 12.2. The fraction of sp³-hybridized carbons (Fsp3) is 0.235. The van der Waals surface area contributed by atoms with Crippen molar-refractivity contribution in [2.45, 2.75) is 13.3 Å². The fourth-order valence-corrected chi connectivity index (χ4v) is 1.85. The molecule has 0 unspecified atom stereocenters. The zero-order chi connectivity index (χ0) is 15.1. The number of hydrogen-bond acceptors (Lipinski definition) is 4. The van der Waals surface area contributed by atoms with E-state index < -0.39 is 0 Å². The Hall–Kier alpha value is -2.49. The van der Waals surface area contributed by atoms with Crippen molar-refractivity contribution in [2.75, 3.05) is 13.7 Å². The number of ether oxygens (including phenoxy) is 3. The van der Waals surface area contributed by atoms with Crippen LogP contribution in [0.3, 0.4) is 0 Å². The molecule has 0 aromatic heterocycles. The summed E-state index contributed by atoms with van der Waals surface area (Å²) >= 11 is 0. The lowest BCUT2D eigenvalue weighted by atomic mass is 10.2. The van der Waals surface area contributed by atoms with Gasteiger partial charge in [0.25, 0.3) is 0 Å². The molecule has 4 heteroatoms. The van der Waals surface area contributed by atoms with Crippen molar-refractivity contribution in [1.82, 2.24) is 0 Å². The van der Waals surface area contributed by atoms with E-state index in [-0.39, 0.29) is 0 Å². The van der Waals surface area contributed by atoms with E-state index in [0.29, 0.717) is 35.2 Å². The molecule has 2 aromatic rings. The van der Waals surface area contributed by atoms with Gasteiger partial charge in [0.2, 0.25) is 5.75 Å². The first-order valence-corrected chi connectivity index (χ1v) is 6.81. The topological polar surface area (TPSA) is 44.8 Å². The molecule has 4 nitrogen and oxygen atoms in total. The van der Waals surface area contributed by atoms with E-state index in [9.17, 15) is 4.79 Å². The predicted molar refractivity (Wildman–Crippen MR) is 80.7 cm³/mol. The van der Waals surface area contributed by atoms with Crippen molar-refractivity contribution in [3.8, 4) is 23.0 Å². The molecule has 0 radical (unpaired) electrons. The maximum Gasteiger partial charge on any atom is 0.204 e. The summed E-state index contributed by atoms with van der Waals surface area (Å²) in [6, 6.07) is 12.6. The number of hydrogen-bond donors (Lipinski definition) is 0. The van der Waals surface area contributed by atoms with Gasteiger partial charge in [0.15, 0.2) is 11.5 Å². The standard InChI is InChI=1S/C17H18O4/c1-3-9-20-17-15(19-2)10-13(12-18)11-16(17)21-14-7-5-4-6-8-14/h4-8,10-12H,3,9H2,1-2H3. The minimum Gasteiger partial charge on any atom is -0.493 e. The van der Waals surface area contributed by atoms with Crippen molar-refractivity contribution in [2.24, 2.45) is 0 Å². The van der Waals surface area contributed by atoms with Gasteiger partial charge in [0.1, 0.15) is 12.0 Å². The molecule has 0 fully saturated rings. The van der Waals surface area contributed by atoms with Gasteiger partial charge in [-0.2, -0.15) is 0 Å². The highest BCUT2D eigenvalue weighted by atomic mass is 16.5. The molecule has 110 valence electrons. The Balaban J connectivity index is 2.41. The van der Waals surface area contributed by atoms with Crippen LogP contribution in [0.5, 0.6) is 23.0 Å². The molecule has 0 bridgehead atoms. The Bertz CT molecular complexity index is 593. The molecule has 0 atom stereocenters. The van der Waals surface area contributed by atoms with Crippen LogP contribution in [0.25, 0.3) is 0 Å². The summed E-state index contributed by atoms with van der Waals surface area (Å²) in [5.41, 5.74) is 0.474. The largest absolute Gasteiger partial charge is 0.493 e. The van der Waals surface area contributed by atoms with Gasteiger partial charge in [-0.25, -0.2) is 0 Å². The van der Waals surface area contributed by atoms with E-state index in [1.54, 1.807) is 12.1 Å². The summed E-state index contributed by atoms with van der Waals surface area (Å²) in [6.07, 6.45) is 1.62. The summed E-state index contributed by atoms with van der Waals surface area (Å²) in [4.78, 5) is 11.1. The number of para-hydroxylation sites is 1. The average molecular weight is 286 g/mol. The maximum atomic E-state index is 11.1. The first kappa shape index (κ1) is 14.9. The highest BCUT2D eigenvalue weighted by Gasteiger charge is 2.15. The van der Waals surface area contributed by atoms with Crippen LogP contribution in [0.4, 0.5) is 0 Å². The van der Waals surface area contributed by atoms with Crippen LogP contribution in [-0.4, -0.2) is 20.0 Å². The molecule has 0 N–H and O–H groups in total. The summed E-state index contributed by atoms with van der Waals surface area (Å²) in [7, 11) is 1.54. The Labute approximate surface area is 124 Å². The molecule has 21 heavy (non-hydrogen) atoms. The highest BCUT2D eigenvalue weighted by Crippen LogP contribution is 2.40. The van der Waals surface area contributed by atoms with Crippen molar-refractivity contribution >= 4 is 6.29 Å². The van der Waals surface area contributed by atoms with Gasteiger partial charge in [-0.1, -0.05) is 25.1 Å². The molecule has 0 aliphatic carbocycles. The molecule has 0 saturated heterocycles. The van der Waals surface area contributed by atoms with Gasteiger partial charge in [-0.3, -0.25) is 4.79 Å². The lowest BCUT2D eigenvalue weighted by molar-refractivity contribution is 0.112. The maximum absolute atomic E-state index is 11.1. The molecular formula is C17H18O4. The molecule has 0 aliphatic rings. The van der Waals surface area contributed by atoms with E-state index in [4.69, 9.17) is 14.2 Å². The van der Waals surface area contributed by atoms with Gasteiger partial charge in [0.05, 0.1) is 13.7 Å². The first-order valence-electron chi connectivity index (χ1n) is 6.81. The first-order chi connectivity index (χ1) is 10.3. The molecule has 0 spiro atoms. The van der Waals surface area contributed by atoms with Crippen molar-refractivity contribution < 1.29 is 19.0 Å². The summed E-state index contributed by atoms with van der Waals surface area (Å²) in [5, 5.41) is 0. The minimum atomic E-state index is 0.469. The molecule has 2 aromatic carbocycles. The number of methoxy groups -OCH3 is 1. The average Bonchev–Trinajstić information content (AvgIpc) is 2.54. The SMILES string of the molecule is CCCOc1c(OC)cc(C=O)cc1Oc1ccccc1. The zero-order valence-electron chi connectivity index (χ0n) is 12.2. The van der Waals surface area contributed by atoms with Crippen LogP contribution >= 0.6 is 0 Å². The van der Waals surface area contributed by atoms with Gasteiger partial charge >= 0.3 is 0 Å². The quantitative estimate of drug-likeness (QED) is 0.719. The third-order valence-electron chi connectivity index (χ3n) is 2.82. The fourth-order valence-electron chi connectivity index (χ4n) is 1.85. The van der Waals surface area contributed by atoms with Gasteiger partial charge in [-0.05, 0) is 30.7 Å². The normalized spacial score (nSPS) is 10.0. The second-order valence-corrected chi connectivity index (χ2v) is 4.43. The highest BCUT2D eigenvalue weighted by molar-refractivity contribution is 5.78. The third kappa shape index (κ3) is 3.75. The van der Waals surface area contributed by atoms with E-state index >= 15 is 0 Å². The van der Waals surface area contributed by atoms with Crippen molar-refractivity contribution in [1.29, 1.82) is 0 Å². The number of carbonyl (C=O) groups excluding carboxylic acids is 1. The lowest BCUT2D eigenvalue weighted by Gasteiger charge is -2.16. The van der Waals surface area contributed by atoms with Crippen molar-refractivity contribution in [3.05, 3.63) is 48.0 Å². The number of rotatable bonds is 7. The van der Waals surface area contributed by atoms with Gasteiger partial charge < -0.3 is 14.2 Å². The second-order valence-electron chi connectivity index (χ2n) is 4.43. The summed E-state index contributed by atoms with van der Waals surface area (Å²) in [6.45, 7) is 2.56. The lowest BCUT2D eigenvalue weighted by Crippen LogP contribution is -2.01.